The summed E-state index contributed by atoms with van der Waals surface area (Å²) in [5, 5.41) is 0. The maximum atomic E-state index is 13.9. The second kappa shape index (κ2) is 8.42. The molecule has 2 aliphatic rings. The van der Waals surface area contributed by atoms with E-state index in [1.54, 1.807) is 36.9 Å². The van der Waals surface area contributed by atoms with Gasteiger partial charge in [-0.05, 0) is 50.1 Å². The minimum Gasteiger partial charge on any atom is -0.338 e. The third kappa shape index (κ3) is 3.79. The van der Waals surface area contributed by atoms with Crippen molar-refractivity contribution in [2.45, 2.75) is 38.8 Å². The Morgan fingerprint density at radius 1 is 1.12 bits per heavy atom. The van der Waals surface area contributed by atoms with Crippen molar-refractivity contribution in [3.63, 3.8) is 0 Å². The van der Waals surface area contributed by atoms with Gasteiger partial charge in [0.05, 0.1) is 17.4 Å². The van der Waals surface area contributed by atoms with Crippen LogP contribution >= 0.6 is 0 Å². The molecule has 2 saturated heterocycles. The summed E-state index contributed by atoms with van der Waals surface area (Å²) in [7, 11) is 0. The van der Waals surface area contributed by atoms with Gasteiger partial charge in [-0.25, -0.2) is 4.98 Å². The van der Waals surface area contributed by atoms with Crippen molar-refractivity contribution >= 4 is 11.8 Å². The normalized spacial score (nSPS) is 22.6. The Bertz CT molecular complexity index is 1150. The maximum Gasteiger partial charge on any atom is 0.254 e. The highest BCUT2D eigenvalue weighted by atomic mass is 16.2. The molecule has 0 bridgehead atoms. The SMILES string of the molecule is CC(C)n1cnc([C@@H]2CN(C(=O)c3ccncc3)C[C@@]23CCN(Cc2ccncc2)C3=O)c1. The molecule has 0 N–H and O–H groups in total. The average molecular weight is 445 g/mol. The van der Waals surface area contributed by atoms with Crippen molar-refractivity contribution in [3.8, 4) is 0 Å². The van der Waals surface area contributed by atoms with Gasteiger partial charge in [-0.1, -0.05) is 0 Å². The molecule has 0 unspecified atom stereocenters. The van der Waals surface area contributed by atoms with Crippen molar-refractivity contribution in [3.05, 3.63) is 78.4 Å². The first-order valence-corrected chi connectivity index (χ1v) is 11.4. The van der Waals surface area contributed by atoms with Gasteiger partial charge < -0.3 is 14.4 Å². The molecule has 0 saturated carbocycles. The fraction of sp³-hybridized carbons (Fsp3) is 0.400. The van der Waals surface area contributed by atoms with Crippen molar-refractivity contribution in [1.82, 2.24) is 29.3 Å². The van der Waals surface area contributed by atoms with E-state index in [0.717, 1.165) is 11.3 Å². The molecule has 0 aromatic carbocycles. The van der Waals surface area contributed by atoms with Gasteiger partial charge in [0, 0.05) is 74.7 Å². The van der Waals surface area contributed by atoms with Gasteiger partial charge >= 0.3 is 0 Å². The van der Waals surface area contributed by atoms with Crippen LogP contribution in [0, 0.1) is 5.41 Å². The molecule has 5 rings (SSSR count). The average Bonchev–Trinajstić information content (AvgIpc) is 3.55. The Morgan fingerprint density at radius 2 is 1.82 bits per heavy atom. The summed E-state index contributed by atoms with van der Waals surface area (Å²) in [6.45, 7) is 6.30. The van der Waals surface area contributed by atoms with Crippen LogP contribution < -0.4 is 0 Å². The fourth-order valence-electron chi connectivity index (χ4n) is 5.12. The summed E-state index contributed by atoms with van der Waals surface area (Å²) in [6.07, 6.45) is 11.3. The summed E-state index contributed by atoms with van der Waals surface area (Å²) in [6, 6.07) is 7.60. The molecule has 170 valence electrons. The first kappa shape index (κ1) is 21.3. The largest absolute Gasteiger partial charge is 0.338 e. The van der Waals surface area contributed by atoms with Crippen LogP contribution in [-0.4, -0.2) is 60.8 Å². The summed E-state index contributed by atoms with van der Waals surface area (Å²) < 4.78 is 2.06. The van der Waals surface area contributed by atoms with Crippen molar-refractivity contribution in [1.29, 1.82) is 0 Å². The van der Waals surface area contributed by atoms with Gasteiger partial charge in [0.2, 0.25) is 5.91 Å². The third-order valence-corrected chi connectivity index (χ3v) is 7.00. The zero-order valence-electron chi connectivity index (χ0n) is 19.0. The molecule has 8 heteroatoms. The zero-order chi connectivity index (χ0) is 23.0. The van der Waals surface area contributed by atoms with E-state index in [2.05, 4.69) is 33.4 Å². The molecule has 0 aliphatic carbocycles. The minimum atomic E-state index is -0.661. The van der Waals surface area contributed by atoms with Gasteiger partial charge in [0.1, 0.15) is 0 Å². The van der Waals surface area contributed by atoms with Crippen LogP contribution in [0.15, 0.2) is 61.6 Å². The van der Waals surface area contributed by atoms with Crippen LogP contribution in [0.5, 0.6) is 0 Å². The molecule has 1 spiro atoms. The van der Waals surface area contributed by atoms with E-state index < -0.39 is 5.41 Å². The van der Waals surface area contributed by atoms with Gasteiger partial charge in [-0.3, -0.25) is 19.6 Å². The summed E-state index contributed by atoms with van der Waals surface area (Å²) in [4.78, 5) is 43.7. The van der Waals surface area contributed by atoms with Crippen LogP contribution in [0.4, 0.5) is 0 Å². The smallest absolute Gasteiger partial charge is 0.254 e. The lowest BCUT2D eigenvalue weighted by Gasteiger charge is -2.28. The van der Waals surface area contributed by atoms with E-state index in [4.69, 9.17) is 0 Å². The highest BCUT2D eigenvalue weighted by molar-refractivity contribution is 5.96. The minimum absolute atomic E-state index is 0.0667. The Kier molecular flexibility index (Phi) is 5.44. The lowest BCUT2D eigenvalue weighted by molar-refractivity contribution is -0.136. The van der Waals surface area contributed by atoms with Crippen LogP contribution in [0.3, 0.4) is 0 Å². The number of imidazole rings is 1. The number of nitrogens with zero attached hydrogens (tertiary/aromatic N) is 6. The van der Waals surface area contributed by atoms with E-state index in [0.29, 0.717) is 38.2 Å². The number of carbonyl (C=O) groups is 2. The molecule has 8 nitrogen and oxygen atoms in total. The van der Waals surface area contributed by atoms with Crippen molar-refractivity contribution in [2.24, 2.45) is 5.41 Å². The summed E-state index contributed by atoms with van der Waals surface area (Å²) in [5.41, 5.74) is 1.87. The first-order valence-electron chi connectivity index (χ1n) is 11.4. The summed E-state index contributed by atoms with van der Waals surface area (Å²) in [5.74, 6) is -0.102. The number of likely N-dealkylation sites (tertiary alicyclic amines) is 2. The number of hydrogen-bond donors (Lipinski definition) is 0. The van der Waals surface area contributed by atoms with Crippen molar-refractivity contribution < 1.29 is 9.59 Å². The topological polar surface area (TPSA) is 84.2 Å². The first-order chi connectivity index (χ1) is 16.0. The molecule has 3 aromatic heterocycles. The lowest BCUT2D eigenvalue weighted by atomic mass is 9.75. The quantitative estimate of drug-likeness (QED) is 0.604. The second-order valence-electron chi connectivity index (χ2n) is 9.30. The predicted octanol–water partition coefficient (Wildman–Crippen LogP) is 2.91. The maximum absolute atomic E-state index is 13.9. The van der Waals surface area contributed by atoms with E-state index in [1.165, 1.54) is 0 Å². The monoisotopic (exact) mass is 444 g/mol. The van der Waals surface area contributed by atoms with Crippen LogP contribution in [0.1, 0.15) is 53.8 Å². The number of aromatic nitrogens is 4. The number of rotatable bonds is 5. The zero-order valence-corrected chi connectivity index (χ0v) is 19.0. The van der Waals surface area contributed by atoms with Gasteiger partial charge in [-0.2, -0.15) is 0 Å². The van der Waals surface area contributed by atoms with Crippen molar-refractivity contribution in [2.75, 3.05) is 19.6 Å². The molecule has 33 heavy (non-hydrogen) atoms. The number of pyridine rings is 2. The lowest BCUT2D eigenvalue weighted by Crippen LogP contribution is -2.40. The molecule has 2 atom stereocenters. The Balaban J connectivity index is 1.47. The highest BCUT2D eigenvalue weighted by Crippen LogP contribution is 2.50. The van der Waals surface area contributed by atoms with E-state index in [1.807, 2.05) is 34.5 Å². The summed E-state index contributed by atoms with van der Waals surface area (Å²) >= 11 is 0. The highest BCUT2D eigenvalue weighted by Gasteiger charge is 2.58. The van der Waals surface area contributed by atoms with E-state index in [9.17, 15) is 9.59 Å². The van der Waals surface area contributed by atoms with Crippen LogP contribution in [-0.2, 0) is 11.3 Å². The molecule has 2 aliphatic heterocycles. The molecule has 5 heterocycles. The second-order valence-corrected chi connectivity index (χ2v) is 9.30. The number of carbonyl (C=O) groups excluding carboxylic acids is 2. The van der Waals surface area contributed by atoms with Gasteiger partial charge in [-0.15, -0.1) is 0 Å². The van der Waals surface area contributed by atoms with Gasteiger partial charge in [0.15, 0.2) is 0 Å². The van der Waals surface area contributed by atoms with Crippen LogP contribution in [0.2, 0.25) is 0 Å². The van der Waals surface area contributed by atoms with E-state index in [-0.39, 0.29) is 23.8 Å². The third-order valence-electron chi connectivity index (χ3n) is 7.00. The molecular formula is C25H28N6O2. The Hall–Kier alpha value is -3.55. The fourth-order valence-corrected chi connectivity index (χ4v) is 5.12. The molecule has 3 aromatic rings. The molecule has 2 fully saturated rings. The standard InChI is InChI=1S/C25H28N6O2/c1-18(2)31-15-22(28-17-31)21-14-30(23(32)20-5-10-27-11-6-20)16-25(21)7-12-29(24(25)33)13-19-3-8-26-9-4-19/h3-6,8-11,15,17-18,21H,7,12-14,16H2,1-2H3/t21-,25-/m0/s1. The Labute approximate surface area is 193 Å². The Morgan fingerprint density at radius 3 is 2.48 bits per heavy atom. The van der Waals surface area contributed by atoms with E-state index >= 15 is 0 Å². The predicted molar refractivity (Wildman–Crippen MR) is 122 cm³/mol. The molecule has 0 radical (unpaired) electrons. The number of amides is 2. The molecular weight excluding hydrogens is 416 g/mol. The number of hydrogen-bond acceptors (Lipinski definition) is 5. The van der Waals surface area contributed by atoms with Gasteiger partial charge in [0.25, 0.3) is 5.91 Å². The molecule has 2 amide bonds. The van der Waals surface area contributed by atoms with Crippen LogP contribution in [0.25, 0.3) is 0 Å².